The van der Waals surface area contributed by atoms with E-state index in [-0.39, 0.29) is 17.9 Å². The van der Waals surface area contributed by atoms with Crippen LogP contribution >= 0.6 is 0 Å². The van der Waals surface area contributed by atoms with E-state index in [9.17, 15) is 9.59 Å². The normalized spacial score (nSPS) is 16.9. The summed E-state index contributed by atoms with van der Waals surface area (Å²) in [5.41, 5.74) is 0. The quantitative estimate of drug-likeness (QED) is 0.768. The molecule has 0 heterocycles. The molecule has 0 atom stereocenters. The van der Waals surface area contributed by atoms with Crippen molar-refractivity contribution in [1.29, 1.82) is 0 Å². The van der Waals surface area contributed by atoms with Gasteiger partial charge in [0.15, 0.2) is 0 Å². The first-order chi connectivity index (χ1) is 9.02. The zero-order valence-corrected chi connectivity index (χ0v) is 12.6. The summed E-state index contributed by atoms with van der Waals surface area (Å²) in [5.74, 6) is 0.558. The minimum atomic E-state index is 0.00768. The van der Waals surface area contributed by atoms with Gasteiger partial charge in [-0.25, -0.2) is 0 Å². The maximum absolute atomic E-state index is 12.2. The number of ketones is 1. The molecule has 1 fully saturated rings. The Labute approximate surface area is 116 Å². The van der Waals surface area contributed by atoms with E-state index in [1.807, 2.05) is 25.7 Å². The summed E-state index contributed by atoms with van der Waals surface area (Å²) in [6.45, 7) is 7.38. The second-order valence-electron chi connectivity index (χ2n) is 5.83. The van der Waals surface area contributed by atoms with E-state index < -0.39 is 0 Å². The molecule has 1 aliphatic rings. The number of likely N-dealkylation sites (N-methyl/N-ethyl adjacent to an activating group) is 1. The molecule has 1 aliphatic carbocycles. The van der Waals surface area contributed by atoms with Crippen molar-refractivity contribution < 1.29 is 9.59 Å². The van der Waals surface area contributed by atoms with Gasteiger partial charge in [0.25, 0.3) is 0 Å². The number of hydrogen-bond acceptors (Lipinski definition) is 3. The maximum atomic E-state index is 12.2. The molecule has 0 radical (unpaired) electrons. The smallest absolute Gasteiger partial charge is 0.234 e. The van der Waals surface area contributed by atoms with Gasteiger partial charge in [0.05, 0.1) is 13.1 Å². The highest BCUT2D eigenvalue weighted by Gasteiger charge is 2.23. The molecule has 4 heteroatoms. The zero-order valence-electron chi connectivity index (χ0n) is 12.6. The van der Waals surface area contributed by atoms with Crippen LogP contribution in [0.3, 0.4) is 0 Å². The zero-order chi connectivity index (χ0) is 14.3. The fourth-order valence-electron chi connectivity index (χ4n) is 2.62. The number of carbonyl (C=O) groups excluding carboxylic acids is 2. The van der Waals surface area contributed by atoms with E-state index >= 15 is 0 Å². The lowest BCUT2D eigenvalue weighted by atomic mass is 9.86. The topological polar surface area (TPSA) is 49.4 Å². The molecule has 0 saturated heterocycles. The number of Topliss-reactive ketones (excluding diaryl/α,β-unsaturated/α-hetero) is 1. The summed E-state index contributed by atoms with van der Waals surface area (Å²) in [6.07, 6.45) is 5.69. The molecular formula is C15H28N2O2. The lowest BCUT2D eigenvalue weighted by molar-refractivity contribution is -0.126. The maximum Gasteiger partial charge on any atom is 0.234 e. The van der Waals surface area contributed by atoms with Gasteiger partial charge in [-0.15, -0.1) is 0 Å². The van der Waals surface area contributed by atoms with Crippen LogP contribution in [0.25, 0.3) is 0 Å². The van der Waals surface area contributed by atoms with Crippen LogP contribution in [0.5, 0.6) is 0 Å². The third-order valence-electron chi connectivity index (χ3n) is 3.70. The molecule has 1 rings (SSSR count). The molecule has 110 valence electrons. The van der Waals surface area contributed by atoms with Crippen LogP contribution in [-0.2, 0) is 9.59 Å². The predicted molar refractivity (Wildman–Crippen MR) is 77.0 cm³/mol. The molecule has 4 nitrogen and oxygen atoms in total. The molecule has 1 N–H and O–H groups in total. The lowest BCUT2D eigenvalue weighted by Crippen LogP contribution is -2.43. The largest absolute Gasteiger partial charge is 0.353 e. The Morgan fingerprint density at radius 3 is 2.32 bits per heavy atom. The Bertz CT molecular complexity index is 297. The van der Waals surface area contributed by atoms with Gasteiger partial charge < -0.3 is 5.32 Å². The van der Waals surface area contributed by atoms with Crippen LogP contribution in [0.1, 0.15) is 52.9 Å². The number of nitrogens with zero attached hydrogens (tertiary/aromatic N) is 1. The predicted octanol–water partition coefficient (Wildman–Crippen LogP) is 1.98. The fraction of sp³-hybridized carbons (Fsp3) is 0.867. The minimum Gasteiger partial charge on any atom is -0.353 e. The van der Waals surface area contributed by atoms with Crippen LogP contribution < -0.4 is 5.32 Å². The van der Waals surface area contributed by atoms with Crippen molar-refractivity contribution >= 4 is 11.7 Å². The standard InChI is InChI=1S/C15H28N2O2/c1-4-17(11-15(19)16-12(2)3)10-14(18)13-8-6-5-7-9-13/h12-13H,4-11H2,1-3H3,(H,16,19). The molecule has 1 saturated carbocycles. The van der Waals surface area contributed by atoms with Crippen molar-refractivity contribution in [3.05, 3.63) is 0 Å². The number of carbonyl (C=O) groups is 2. The highest BCUT2D eigenvalue weighted by molar-refractivity contribution is 5.84. The second-order valence-corrected chi connectivity index (χ2v) is 5.83. The summed E-state index contributed by atoms with van der Waals surface area (Å²) in [4.78, 5) is 25.9. The van der Waals surface area contributed by atoms with E-state index in [1.54, 1.807) is 0 Å². The third-order valence-corrected chi connectivity index (χ3v) is 3.70. The SMILES string of the molecule is CCN(CC(=O)NC(C)C)CC(=O)C1CCCCC1. The third kappa shape index (κ3) is 6.19. The number of nitrogens with one attached hydrogen (secondary N) is 1. The second kappa shape index (κ2) is 8.31. The van der Waals surface area contributed by atoms with Crippen LogP contribution in [0.15, 0.2) is 0 Å². The molecular weight excluding hydrogens is 240 g/mol. The van der Waals surface area contributed by atoms with Gasteiger partial charge in [0.1, 0.15) is 5.78 Å². The molecule has 0 unspecified atom stereocenters. The average molecular weight is 268 g/mol. The van der Waals surface area contributed by atoms with Gasteiger partial charge in [-0.1, -0.05) is 26.2 Å². The number of amides is 1. The molecule has 0 spiro atoms. The Hall–Kier alpha value is -0.900. The first-order valence-electron chi connectivity index (χ1n) is 7.57. The number of rotatable bonds is 7. The van der Waals surface area contributed by atoms with Crippen molar-refractivity contribution in [1.82, 2.24) is 10.2 Å². The van der Waals surface area contributed by atoms with Crippen molar-refractivity contribution in [3.63, 3.8) is 0 Å². The Kier molecular flexibility index (Phi) is 7.06. The number of hydrogen-bond donors (Lipinski definition) is 1. The minimum absolute atomic E-state index is 0.00768. The van der Waals surface area contributed by atoms with Gasteiger partial charge in [-0.2, -0.15) is 0 Å². The molecule has 0 aromatic carbocycles. The van der Waals surface area contributed by atoms with Gasteiger partial charge in [-0.05, 0) is 33.2 Å². The van der Waals surface area contributed by atoms with Crippen LogP contribution in [0.2, 0.25) is 0 Å². The fourth-order valence-corrected chi connectivity index (χ4v) is 2.62. The molecule has 1 amide bonds. The first-order valence-corrected chi connectivity index (χ1v) is 7.57. The van der Waals surface area contributed by atoms with Gasteiger partial charge in [0.2, 0.25) is 5.91 Å². The van der Waals surface area contributed by atoms with Crippen LogP contribution in [0, 0.1) is 5.92 Å². The summed E-state index contributed by atoms with van der Waals surface area (Å²) in [5, 5.41) is 2.87. The summed E-state index contributed by atoms with van der Waals surface area (Å²) < 4.78 is 0. The van der Waals surface area contributed by atoms with Crippen molar-refractivity contribution in [3.8, 4) is 0 Å². The van der Waals surface area contributed by atoms with Crippen molar-refractivity contribution in [2.24, 2.45) is 5.92 Å². The van der Waals surface area contributed by atoms with Crippen molar-refractivity contribution in [2.75, 3.05) is 19.6 Å². The average Bonchev–Trinajstić information content (AvgIpc) is 2.37. The van der Waals surface area contributed by atoms with E-state index in [0.717, 1.165) is 19.4 Å². The Morgan fingerprint density at radius 2 is 1.79 bits per heavy atom. The first kappa shape index (κ1) is 16.2. The summed E-state index contributed by atoms with van der Waals surface area (Å²) >= 11 is 0. The molecule has 19 heavy (non-hydrogen) atoms. The lowest BCUT2D eigenvalue weighted by Gasteiger charge is -2.25. The van der Waals surface area contributed by atoms with Crippen molar-refractivity contribution in [2.45, 2.75) is 58.9 Å². The van der Waals surface area contributed by atoms with E-state index in [0.29, 0.717) is 18.9 Å². The summed E-state index contributed by atoms with van der Waals surface area (Å²) in [7, 11) is 0. The van der Waals surface area contributed by atoms with E-state index in [4.69, 9.17) is 0 Å². The van der Waals surface area contributed by atoms with Crippen LogP contribution in [0.4, 0.5) is 0 Å². The monoisotopic (exact) mass is 268 g/mol. The highest BCUT2D eigenvalue weighted by Crippen LogP contribution is 2.24. The molecule has 0 aromatic heterocycles. The van der Waals surface area contributed by atoms with Gasteiger partial charge in [0, 0.05) is 12.0 Å². The molecule has 0 aliphatic heterocycles. The van der Waals surface area contributed by atoms with Gasteiger partial charge >= 0.3 is 0 Å². The molecule has 0 aromatic rings. The summed E-state index contributed by atoms with van der Waals surface area (Å²) in [6, 6.07) is 0.153. The highest BCUT2D eigenvalue weighted by atomic mass is 16.2. The Balaban J connectivity index is 2.38. The van der Waals surface area contributed by atoms with Gasteiger partial charge in [-0.3, -0.25) is 14.5 Å². The molecule has 0 bridgehead atoms. The van der Waals surface area contributed by atoms with E-state index in [2.05, 4.69) is 5.32 Å². The Morgan fingerprint density at radius 1 is 1.16 bits per heavy atom. The van der Waals surface area contributed by atoms with Crippen LogP contribution in [-0.4, -0.2) is 42.3 Å². The van der Waals surface area contributed by atoms with E-state index in [1.165, 1.54) is 19.3 Å².